The van der Waals surface area contributed by atoms with Gasteiger partial charge in [0.1, 0.15) is 23.7 Å². The van der Waals surface area contributed by atoms with Gasteiger partial charge in [-0.1, -0.05) is 35.9 Å². The molecule has 1 aromatic carbocycles. The number of carbonyl (C=O) groups excluding carboxylic acids is 1. The number of nitrogens with zero attached hydrogens (tertiary/aromatic N) is 5. The van der Waals surface area contributed by atoms with Gasteiger partial charge in [-0.25, -0.2) is 15.0 Å². The number of carbonyl (C=O) groups is 1. The van der Waals surface area contributed by atoms with Gasteiger partial charge in [0.15, 0.2) is 0 Å². The summed E-state index contributed by atoms with van der Waals surface area (Å²) < 4.78 is 0. The third kappa shape index (κ3) is 4.68. The first-order valence-corrected chi connectivity index (χ1v) is 9.76. The van der Waals surface area contributed by atoms with Crippen molar-refractivity contribution < 1.29 is 4.79 Å². The Labute approximate surface area is 170 Å². The molecule has 0 unspecified atom stereocenters. The summed E-state index contributed by atoms with van der Waals surface area (Å²) in [6.45, 7) is 5.52. The van der Waals surface area contributed by atoms with Gasteiger partial charge in [-0.2, -0.15) is 0 Å². The molecule has 7 nitrogen and oxygen atoms in total. The van der Waals surface area contributed by atoms with Gasteiger partial charge < -0.3 is 15.1 Å². The second-order valence-corrected chi connectivity index (χ2v) is 7.10. The molecule has 0 aliphatic carbocycles. The molecule has 29 heavy (non-hydrogen) atoms. The summed E-state index contributed by atoms with van der Waals surface area (Å²) in [5, 5.41) is 3.28. The van der Waals surface area contributed by atoms with Crippen molar-refractivity contribution in [1.82, 2.24) is 19.9 Å². The SMILES string of the molecule is Cc1cccc(CNc2cc(C(=O)N3CCN(c4ccccn4)CC3)ncn2)c1. The fraction of sp³-hybridized carbons (Fsp3) is 0.273. The Kier molecular flexibility index (Phi) is 5.65. The van der Waals surface area contributed by atoms with E-state index in [4.69, 9.17) is 0 Å². The van der Waals surface area contributed by atoms with Crippen molar-refractivity contribution in [2.24, 2.45) is 0 Å². The highest BCUT2D eigenvalue weighted by molar-refractivity contribution is 5.93. The van der Waals surface area contributed by atoms with E-state index in [-0.39, 0.29) is 5.91 Å². The molecule has 0 atom stereocenters. The Bertz CT molecular complexity index is 970. The first kappa shape index (κ1) is 18.9. The predicted octanol–water partition coefficient (Wildman–Crippen LogP) is 2.75. The summed E-state index contributed by atoms with van der Waals surface area (Å²) in [6, 6.07) is 15.9. The molecule has 0 spiro atoms. The van der Waals surface area contributed by atoms with Crippen molar-refractivity contribution in [2.45, 2.75) is 13.5 Å². The number of hydrogen-bond donors (Lipinski definition) is 1. The van der Waals surface area contributed by atoms with Crippen molar-refractivity contribution >= 4 is 17.5 Å². The fourth-order valence-electron chi connectivity index (χ4n) is 3.43. The number of pyridine rings is 1. The average Bonchev–Trinajstić information content (AvgIpc) is 2.78. The van der Waals surface area contributed by atoms with E-state index in [0.717, 1.165) is 18.9 Å². The van der Waals surface area contributed by atoms with Crippen molar-refractivity contribution in [2.75, 3.05) is 36.4 Å². The highest BCUT2D eigenvalue weighted by Gasteiger charge is 2.23. The second kappa shape index (κ2) is 8.68. The molecule has 0 bridgehead atoms. The van der Waals surface area contributed by atoms with Crippen LogP contribution in [0, 0.1) is 6.92 Å². The highest BCUT2D eigenvalue weighted by atomic mass is 16.2. The Hall–Kier alpha value is -3.48. The molecule has 1 saturated heterocycles. The largest absolute Gasteiger partial charge is 0.366 e. The smallest absolute Gasteiger partial charge is 0.272 e. The topological polar surface area (TPSA) is 74.2 Å². The van der Waals surface area contributed by atoms with Gasteiger partial charge in [0.2, 0.25) is 0 Å². The molecule has 148 valence electrons. The van der Waals surface area contributed by atoms with Crippen molar-refractivity contribution in [3.8, 4) is 0 Å². The van der Waals surface area contributed by atoms with Crippen LogP contribution >= 0.6 is 0 Å². The van der Waals surface area contributed by atoms with Crippen molar-refractivity contribution in [1.29, 1.82) is 0 Å². The van der Waals surface area contributed by atoms with E-state index in [1.165, 1.54) is 17.5 Å². The number of piperazine rings is 1. The monoisotopic (exact) mass is 388 g/mol. The molecule has 0 radical (unpaired) electrons. The van der Waals surface area contributed by atoms with E-state index < -0.39 is 0 Å². The van der Waals surface area contributed by atoms with E-state index in [0.29, 0.717) is 31.1 Å². The number of hydrogen-bond acceptors (Lipinski definition) is 6. The highest BCUT2D eigenvalue weighted by Crippen LogP contribution is 2.15. The summed E-state index contributed by atoms with van der Waals surface area (Å²) in [5.74, 6) is 1.54. The average molecular weight is 388 g/mol. The second-order valence-electron chi connectivity index (χ2n) is 7.10. The van der Waals surface area contributed by atoms with Gasteiger partial charge >= 0.3 is 0 Å². The van der Waals surface area contributed by atoms with Crippen LogP contribution in [-0.2, 0) is 6.54 Å². The van der Waals surface area contributed by atoms with Crippen LogP contribution in [0.3, 0.4) is 0 Å². The summed E-state index contributed by atoms with van der Waals surface area (Å²) in [7, 11) is 0. The normalized spacial score (nSPS) is 14.0. The fourth-order valence-corrected chi connectivity index (χ4v) is 3.43. The number of amides is 1. The van der Waals surface area contributed by atoms with E-state index in [2.05, 4.69) is 50.3 Å². The van der Waals surface area contributed by atoms with E-state index >= 15 is 0 Å². The van der Waals surface area contributed by atoms with Crippen LogP contribution in [0.15, 0.2) is 61.1 Å². The number of aromatic nitrogens is 3. The van der Waals surface area contributed by atoms with Crippen LogP contribution in [0.4, 0.5) is 11.6 Å². The summed E-state index contributed by atoms with van der Waals surface area (Å²) >= 11 is 0. The van der Waals surface area contributed by atoms with E-state index in [1.54, 1.807) is 12.3 Å². The van der Waals surface area contributed by atoms with Crippen LogP contribution in [0.1, 0.15) is 21.6 Å². The molecule has 7 heteroatoms. The minimum atomic E-state index is -0.0633. The van der Waals surface area contributed by atoms with E-state index in [9.17, 15) is 4.79 Å². The summed E-state index contributed by atoms with van der Waals surface area (Å²) in [6.07, 6.45) is 3.23. The molecular weight excluding hydrogens is 364 g/mol. The van der Waals surface area contributed by atoms with Crippen molar-refractivity contribution in [3.05, 3.63) is 77.9 Å². The van der Waals surface area contributed by atoms with Crippen molar-refractivity contribution in [3.63, 3.8) is 0 Å². The molecule has 3 heterocycles. The van der Waals surface area contributed by atoms with Gasteiger partial charge in [-0.05, 0) is 24.6 Å². The Morgan fingerprint density at radius 2 is 1.86 bits per heavy atom. The van der Waals surface area contributed by atoms with Crippen LogP contribution in [0.5, 0.6) is 0 Å². The molecule has 1 N–H and O–H groups in total. The van der Waals surface area contributed by atoms with Crippen LogP contribution in [-0.4, -0.2) is 51.9 Å². The third-order valence-corrected chi connectivity index (χ3v) is 4.98. The summed E-state index contributed by atoms with van der Waals surface area (Å²) in [4.78, 5) is 29.7. The molecule has 1 fully saturated rings. The van der Waals surface area contributed by atoms with Gasteiger partial charge in [-0.15, -0.1) is 0 Å². The minimum absolute atomic E-state index is 0.0633. The quantitative estimate of drug-likeness (QED) is 0.724. The van der Waals surface area contributed by atoms with Crippen LogP contribution in [0.25, 0.3) is 0 Å². The van der Waals surface area contributed by atoms with Gasteiger partial charge in [0.25, 0.3) is 5.91 Å². The molecule has 1 aliphatic heterocycles. The lowest BCUT2D eigenvalue weighted by atomic mass is 10.1. The Morgan fingerprint density at radius 1 is 1.00 bits per heavy atom. The zero-order chi connectivity index (χ0) is 20.1. The van der Waals surface area contributed by atoms with Gasteiger partial charge in [0.05, 0.1) is 0 Å². The third-order valence-electron chi connectivity index (χ3n) is 4.98. The first-order valence-electron chi connectivity index (χ1n) is 9.76. The molecule has 0 saturated carbocycles. The predicted molar refractivity (Wildman–Crippen MR) is 113 cm³/mol. The minimum Gasteiger partial charge on any atom is -0.366 e. The summed E-state index contributed by atoms with van der Waals surface area (Å²) in [5.41, 5.74) is 2.80. The molecular formula is C22H24N6O. The standard InChI is InChI=1S/C22H24N6O/c1-17-5-4-6-18(13-17)15-24-20-14-19(25-16-26-20)22(29)28-11-9-27(10-12-28)21-7-2-3-8-23-21/h2-8,13-14,16H,9-12,15H2,1H3,(H,24,25,26). The zero-order valence-corrected chi connectivity index (χ0v) is 16.5. The van der Waals surface area contributed by atoms with Crippen LogP contribution < -0.4 is 10.2 Å². The number of aryl methyl sites for hydroxylation is 1. The molecule has 2 aromatic heterocycles. The lowest BCUT2D eigenvalue weighted by Crippen LogP contribution is -2.49. The van der Waals surface area contributed by atoms with Crippen LogP contribution in [0.2, 0.25) is 0 Å². The first-order chi connectivity index (χ1) is 14.2. The van der Waals surface area contributed by atoms with Gasteiger partial charge in [0, 0.05) is 45.0 Å². The van der Waals surface area contributed by atoms with E-state index in [1.807, 2.05) is 29.2 Å². The molecule has 1 amide bonds. The molecule has 3 aromatic rings. The number of benzene rings is 1. The number of anilines is 2. The zero-order valence-electron chi connectivity index (χ0n) is 16.5. The number of rotatable bonds is 5. The molecule has 4 rings (SSSR count). The maximum atomic E-state index is 12.9. The Morgan fingerprint density at radius 3 is 2.62 bits per heavy atom. The lowest BCUT2D eigenvalue weighted by Gasteiger charge is -2.35. The Balaban J connectivity index is 1.36. The lowest BCUT2D eigenvalue weighted by molar-refractivity contribution is 0.0740. The maximum absolute atomic E-state index is 12.9. The maximum Gasteiger partial charge on any atom is 0.272 e. The van der Waals surface area contributed by atoms with Gasteiger partial charge in [-0.3, -0.25) is 4.79 Å². The molecule has 1 aliphatic rings. The number of nitrogens with one attached hydrogen (secondary N) is 1.